The summed E-state index contributed by atoms with van der Waals surface area (Å²) in [6, 6.07) is 22.7. The molecule has 0 aliphatic carbocycles. The van der Waals surface area contributed by atoms with Gasteiger partial charge in [0.05, 0.1) is 12.2 Å². The second-order valence-electron chi connectivity index (χ2n) is 9.41. The average molecular weight is 483 g/mol. The molecule has 0 spiro atoms. The highest BCUT2D eigenvalue weighted by Gasteiger charge is 2.51. The number of nitrogens with zero attached hydrogens (tertiary/aromatic N) is 2. The second kappa shape index (κ2) is 9.47. The number of benzene rings is 3. The molecule has 5 heteroatoms. The van der Waals surface area contributed by atoms with Gasteiger partial charge in [-0.3, -0.25) is 0 Å². The van der Waals surface area contributed by atoms with Crippen molar-refractivity contribution in [3.63, 3.8) is 0 Å². The Labute approximate surface area is 213 Å². The number of hydrogen-bond donors (Lipinski definition) is 0. The van der Waals surface area contributed by atoms with Crippen molar-refractivity contribution >= 4 is 22.6 Å². The predicted octanol–water partition coefficient (Wildman–Crippen LogP) is 6.21. The van der Waals surface area contributed by atoms with E-state index in [1.165, 1.54) is 5.69 Å². The maximum Gasteiger partial charge on any atom is 0.340 e. The first kappa shape index (κ1) is 24.1. The van der Waals surface area contributed by atoms with Crippen LogP contribution in [0.1, 0.15) is 52.2 Å². The van der Waals surface area contributed by atoms with Gasteiger partial charge >= 0.3 is 5.97 Å². The van der Waals surface area contributed by atoms with Crippen LogP contribution >= 0.6 is 0 Å². The Balaban J connectivity index is 1.85. The third kappa shape index (κ3) is 3.53. The first-order valence-corrected chi connectivity index (χ1v) is 12.7. The number of hydrogen-bond acceptors (Lipinski definition) is 4. The maximum absolute atomic E-state index is 13.4. The number of carbonyl (C=O) groups excluding carboxylic acids is 1. The van der Waals surface area contributed by atoms with Crippen molar-refractivity contribution in [2.75, 3.05) is 31.7 Å². The third-order valence-corrected chi connectivity index (χ3v) is 7.59. The molecule has 4 aromatic rings. The summed E-state index contributed by atoms with van der Waals surface area (Å²) in [6.45, 7) is 11.8. The number of rotatable bonds is 8. The first-order valence-electron chi connectivity index (χ1n) is 12.7. The van der Waals surface area contributed by atoms with Crippen LogP contribution in [0.25, 0.3) is 10.9 Å². The summed E-state index contributed by atoms with van der Waals surface area (Å²) in [7, 11) is 1.72. The molecule has 2 heterocycles. The van der Waals surface area contributed by atoms with E-state index in [0.717, 1.165) is 51.9 Å². The van der Waals surface area contributed by atoms with Gasteiger partial charge in [-0.15, -0.1) is 0 Å². The lowest BCUT2D eigenvalue weighted by Crippen LogP contribution is -2.32. The maximum atomic E-state index is 13.4. The summed E-state index contributed by atoms with van der Waals surface area (Å²) in [4.78, 5) is 15.7. The molecule has 186 valence electrons. The molecule has 0 fully saturated rings. The Morgan fingerprint density at radius 1 is 0.944 bits per heavy atom. The van der Waals surface area contributed by atoms with Crippen molar-refractivity contribution < 1.29 is 14.3 Å². The Hall–Kier alpha value is -3.57. The van der Waals surface area contributed by atoms with Crippen molar-refractivity contribution in [1.29, 1.82) is 0 Å². The van der Waals surface area contributed by atoms with E-state index in [2.05, 4.69) is 79.6 Å². The van der Waals surface area contributed by atoms with Crippen molar-refractivity contribution in [1.82, 2.24) is 4.57 Å². The number of fused-ring (bicyclic) bond motifs is 2. The lowest BCUT2D eigenvalue weighted by molar-refractivity contribution is 0.0252. The summed E-state index contributed by atoms with van der Waals surface area (Å²) < 4.78 is 14.2. The first-order chi connectivity index (χ1) is 17.5. The molecule has 0 saturated heterocycles. The second-order valence-corrected chi connectivity index (χ2v) is 9.41. The van der Waals surface area contributed by atoms with E-state index >= 15 is 0 Å². The lowest BCUT2D eigenvalue weighted by Gasteiger charge is -2.33. The lowest BCUT2D eigenvalue weighted by atomic mass is 9.77. The van der Waals surface area contributed by atoms with Crippen LogP contribution in [-0.2, 0) is 21.6 Å². The van der Waals surface area contributed by atoms with Gasteiger partial charge in [0.2, 0.25) is 0 Å². The number of methoxy groups -OCH3 is 1. The normalized spacial score (nSPS) is 16.9. The Morgan fingerprint density at radius 3 is 2.39 bits per heavy atom. The van der Waals surface area contributed by atoms with Crippen LogP contribution in [0.2, 0.25) is 0 Å². The predicted molar refractivity (Wildman–Crippen MR) is 145 cm³/mol. The van der Waals surface area contributed by atoms with Crippen LogP contribution in [0.15, 0.2) is 66.7 Å². The molecule has 3 aromatic carbocycles. The van der Waals surface area contributed by atoms with Crippen LogP contribution < -0.4 is 4.90 Å². The monoisotopic (exact) mass is 482 g/mol. The zero-order chi connectivity index (χ0) is 25.4. The van der Waals surface area contributed by atoms with Gasteiger partial charge in [-0.05, 0) is 57.5 Å². The van der Waals surface area contributed by atoms with Gasteiger partial charge in [0.25, 0.3) is 0 Å². The zero-order valence-electron chi connectivity index (χ0n) is 21.8. The molecule has 1 aliphatic rings. The van der Waals surface area contributed by atoms with E-state index in [9.17, 15) is 4.79 Å². The molecule has 5 nitrogen and oxygen atoms in total. The van der Waals surface area contributed by atoms with Gasteiger partial charge in [0.15, 0.2) is 5.60 Å². The van der Waals surface area contributed by atoms with Crippen molar-refractivity contribution in [3.8, 4) is 0 Å². The fraction of sp³-hybridized carbons (Fsp3) is 0.323. The van der Waals surface area contributed by atoms with Gasteiger partial charge in [0, 0.05) is 65.7 Å². The number of para-hydroxylation sites is 1. The molecule has 1 aliphatic heterocycles. The minimum atomic E-state index is -1.04. The Morgan fingerprint density at radius 2 is 1.67 bits per heavy atom. The summed E-state index contributed by atoms with van der Waals surface area (Å²) >= 11 is 0. The SMILES string of the molecule is CCN(CC)c1ccc(C2(c3c(C)n(CCOC)c4ccccc34)OC(=O)c3ccccc32)c(C)c1. The van der Waals surface area contributed by atoms with Gasteiger partial charge in [-0.2, -0.15) is 0 Å². The molecule has 0 radical (unpaired) electrons. The number of carbonyl (C=O) groups is 1. The molecule has 1 aromatic heterocycles. The van der Waals surface area contributed by atoms with E-state index < -0.39 is 5.60 Å². The Kier molecular flexibility index (Phi) is 6.35. The van der Waals surface area contributed by atoms with Crippen LogP contribution in [0, 0.1) is 13.8 Å². The topological polar surface area (TPSA) is 43.7 Å². The van der Waals surface area contributed by atoms with Gasteiger partial charge in [-0.1, -0.05) is 42.5 Å². The zero-order valence-corrected chi connectivity index (χ0v) is 21.8. The van der Waals surface area contributed by atoms with E-state index in [1.54, 1.807) is 7.11 Å². The van der Waals surface area contributed by atoms with E-state index in [-0.39, 0.29) is 5.97 Å². The van der Waals surface area contributed by atoms with Crippen molar-refractivity contribution in [2.24, 2.45) is 0 Å². The van der Waals surface area contributed by atoms with E-state index in [1.807, 2.05) is 24.3 Å². The largest absolute Gasteiger partial charge is 0.440 e. The molecule has 0 saturated carbocycles. The Bertz CT molecular complexity index is 1430. The smallest absolute Gasteiger partial charge is 0.340 e. The standard InChI is InChI=1S/C31H34N2O3/c1-6-32(7-2)23-16-17-26(21(3)20-23)31(27-14-10-8-12-24(27)30(34)36-31)29-22(4)33(18-19-35-5)28-15-11-9-13-25(28)29/h8-17,20H,6-7,18-19H2,1-5H3. The summed E-state index contributed by atoms with van der Waals surface area (Å²) in [5, 5.41) is 1.09. The number of aryl methyl sites for hydroxylation is 1. The van der Waals surface area contributed by atoms with Gasteiger partial charge < -0.3 is 18.9 Å². The number of esters is 1. The number of aromatic nitrogens is 1. The molecule has 0 amide bonds. The molecular formula is C31H34N2O3. The number of cyclic esters (lactones) is 1. The van der Waals surface area contributed by atoms with Crippen LogP contribution in [0.5, 0.6) is 0 Å². The summed E-state index contributed by atoms with van der Waals surface area (Å²) in [6.07, 6.45) is 0. The van der Waals surface area contributed by atoms with Crippen LogP contribution in [0.4, 0.5) is 5.69 Å². The van der Waals surface area contributed by atoms with E-state index in [0.29, 0.717) is 18.7 Å². The highest BCUT2D eigenvalue weighted by Crippen LogP contribution is 2.51. The van der Waals surface area contributed by atoms with Crippen molar-refractivity contribution in [3.05, 3.63) is 100 Å². The molecule has 5 rings (SSSR count). The molecular weight excluding hydrogens is 448 g/mol. The molecule has 0 bridgehead atoms. The van der Waals surface area contributed by atoms with Crippen LogP contribution in [0.3, 0.4) is 0 Å². The quantitative estimate of drug-likeness (QED) is 0.280. The minimum Gasteiger partial charge on any atom is -0.440 e. The van der Waals surface area contributed by atoms with Crippen LogP contribution in [-0.4, -0.2) is 37.3 Å². The molecule has 1 atom stereocenters. The fourth-order valence-corrected chi connectivity index (χ4v) is 5.91. The summed E-state index contributed by atoms with van der Waals surface area (Å²) in [5.74, 6) is -0.286. The fourth-order valence-electron chi connectivity index (χ4n) is 5.91. The minimum absolute atomic E-state index is 0.286. The van der Waals surface area contributed by atoms with Gasteiger partial charge in [0.1, 0.15) is 0 Å². The van der Waals surface area contributed by atoms with Crippen molar-refractivity contribution in [2.45, 2.75) is 39.8 Å². The molecule has 0 N–H and O–H groups in total. The van der Waals surface area contributed by atoms with E-state index in [4.69, 9.17) is 9.47 Å². The number of ether oxygens (including phenoxy) is 2. The number of anilines is 1. The van der Waals surface area contributed by atoms with Gasteiger partial charge in [-0.25, -0.2) is 4.79 Å². The average Bonchev–Trinajstić information content (AvgIpc) is 3.34. The highest BCUT2D eigenvalue weighted by molar-refractivity contribution is 5.99. The third-order valence-electron chi connectivity index (χ3n) is 7.59. The molecule has 36 heavy (non-hydrogen) atoms. The highest BCUT2D eigenvalue weighted by atomic mass is 16.6. The summed E-state index contributed by atoms with van der Waals surface area (Å²) in [5.41, 5.74) is 6.95. The molecule has 1 unspecified atom stereocenters.